The fourth-order valence-electron chi connectivity index (χ4n) is 1.41. The number of carbonyl (C=O) groups is 2. The minimum Gasteiger partial charge on any atom is -0.423 e. The molecule has 0 unspecified atom stereocenters. The van der Waals surface area contributed by atoms with Crippen molar-refractivity contribution in [2.24, 2.45) is 0 Å². The Morgan fingerprint density at radius 1 is 1.30 bits per heavy atom. The molecule has 6 nitrogen and oxygen atoms in total. The monoisotopic (exact) mass is 280 g/mol. The van der Waals surface area contributed by atoms with Crippen molar-refractivity contribution in [2.75, 3.05) is 13.1 Å². The van der Waals surface area contributed by atoms with E-state index in [0.29, 0.717) is 0 Å². The zero-order valence-corrected chi connectivity index (χ0v) is 10.6. The molecular weight excluding hydrogens is 266 g/mol. The maximum atomic E-state index is 13.6. The van der Waals surface area contributed by atoms with Gasteiger partial charge in [0.25, 0.3) is 5.91 Å². The highest BCUT2D eigenvalue weighted by molar-refractivity contribution is 6.58. The number of rotatable bonds is 6. The van der Waals surface area contributed by atoms with Crippen LogP contribution in [0.4, 0.5) is 4.39 Å². The molecular formula is C12H14BFN2O4. The number of nitrogens with one attached hydrogen (secondary N) is 2. The van der Waals surface area contributed by atoms with E-state index in [2.05, 4.69) is 17.2 Å². The van der Waals surface area contributed by atoms with Crippen molar-refractivity contribution in [3.05, 3.63) is 42.2 Å². The van der Waals surface area contributed by atoms with Crippen LogP contribution in [-0.4, -0.2) is 42.1 Å². The molecule has 0 aliphatic heterocycles. The molecule has 1 aromatic carbocycles. The number of hydrogen-bond acceptors (Lipinski definition) is 4. The van der Waals surface area contributed by atoms with Gasteiger partial charge in [-0.25, -0.2) is 4.39 Å². The zero-order valence-electron chi connectivity index (χ0n) is 10.6. The molecule has 0 aromatic heterocycles. The first-order valence-electron chi connectivity index (χ1n) is 5.79. The van der Waals surface area contributed by atoms with Gasteiger partial charge in [0.05, 0.1) is 5.56 Å². The molecule has 106 valence electrons. The van der Waals surface area contributed by atoms with Crippen molar-refractivity contribution in [2.45, 2.75) is 0 Å². The molecule has 2 amide bonds. The normalized spacial score (nSPS) is 9.75. The van der Waals surface area contributed by atoms with Gasteiger partial charge in [-0.15, -0.1) is 0 Å². The van der Waals surface area contributed by atoms with E-state index in [1.807, 2.05) is 0 Å². The summed E-state index contributed by atoms with van der Waals surface area (Å²) < 4.78 is 13.6. The number of halogens is 1. The Balaban J connectivity index is 2.55. The average Bonchev–Trinajstić information content (AvgIpc) is 2.42. The Hall–Kier alpha value is -2.19. The molecule has 0 bridgehead atoms. The predicted octanol–water partition coefficient (Wildman–Crippen LogP) is -1.46. The first-order chi connectivity index (χ1) is 9.45. The van der Waals surface area contributed by atoms with Gasteiger partial charge in [-0.3, -0.25) is 9.59 Å². The third-order valence-electron chi connectivity index (χ3n) is 2.43. The van der Waals surface area contributed by atoms with Crippen LogP contribution in [-0.2, 0) is 4.79 Å². The second-order valence-corrected chi connectivity index (χ2v) is 3.86. The number of hydrogen-bond donors (Lipinski definition) is 4. The summed E-state index contributed by atoms with van der Waals surface area (Å²) in [6.45, 7) is 3.58. The molecule has 1 aromatic rings. The Labute approximate surface area is 115 Å². The predicted molar refractivity (Wildman–Crippen MR) is 71.8 cm³/mol. The van der Waals surface area contributed by atoms with Crippen LogP contribution in [0.1, 0.15) is 10.4 Å². The van der Waals surface area contributed by atoms with E-state index in [1.54, 1.807) is 0 Å². The lowest BCUT2D eigenvalue weighted by atomic mass is 9.80. The zero-order chi connectivity index (χ0) is 15.1. The molecule has 0 aliphatic rings. The van der Waals surface area contributed by atoms with Crippen molar-refractivity contribution in [3.63, 3.8) is 0 Å². The van der Waals surface area contributed by atoms with E-state index in [-0.39, 0.29) is 30.0 Å². The number of carbonyl (C=O) groups excluding carboxylic acids is 2. The van der Waals surface area contributed by atoms with Gasteiger partial charge in [0, 0.05) is 13.1 Å². The lowest BCUT2D eigenvalue weighted by Gasteiger charge is -2.08. The molecule has 20 heavy (non-hydrogen) atoms. The van der Waals surface area contributed by atoms with E-state index in [1.165, 1.54) is 6.07 Å². The van der Waals surface area contributed by atoms with Crippen LogP contribution >= 0.6 is 0 Å². The van der Waals surface area contributed by atoms with Crippen LogP contribution in [0.25, 0.3) is 0 Å². The summed E-state index contributed by atoms with van der Waals surface area (Å²) in [5.41, 5.74) is -0.262. The Bertz CT molecular complexity index is 522. The molecule has 8 heteroatoms. The van der Waals surface area contributed by atoms with Crippen molar-refractivity contribution in [1.82, 2.24) is 10.6 Å². The second-order valence-electron chi connectivity index (χ2n) is 3.86. The summed E-state index contributed by atoms with van der Waals surface area (Å²) in [6, 6.07) is 3.27. The molecule has 0 heterocycles. The van der Waals surface area contributed by atoms with Crippen LogP contribution in [0.15, 0.2) is 30.9 Å². The van der Waals surface area contributed by atoms with Gasteiger partial charge in [0.15, 0.2) is 0 Å². The first-order valence-corrected chi connectivity index (χ1v) is 5.79. The number of benzene rings is 1. The van der Waals surface area contributed by atoms with Crippen LogP contribution in [0.5, 0.6) is 0 Å². The molecule has 0 saturated heterocycles. The highest BCUT2D eigenvalue weighted by Crippen LogP contribution is 2.05. The molecule has 0 saturated carbocycles. The highest BCUT2D eigenvalue weighted by atomic mass is 19.1. The molecule has 0 atom stereocenters. The summed E-state index contributed by atoms with van der Waals surface area (Å²) in [5, 5.41) is 22.6. The van der Waals surface area contributed by atoms with Crippen molar-refractivity contribution in [3.8, 4) is 0 Å². The van der Waals surface area contributed by atoms with Gasteiger partial charge >= 0.3 is 7.12 Å². The van der Waals surface area contributed by atoms with E-state index >= 15 is 0 Å². The van der Waals surface area contributed by atoms with Crippen molar-refractivity contribution in [1.29, 1.82) is 0 Å². The summed E-state index contributed by atoms with van der Waals surface area (Å²) in [5.74, 6) is -1.88. The van der Waals surface area contributed by atoms with E-state index in [9.17, 15) is 14.0 Å². The van der Waals surface area contributed by atoms with Crippen LogP contribution in [0.2, 0.25) is 0 Å². The van der Waals surface area contributed by atoms with Crippen LogP contribution in [0, 0.1) is 5.82 Å². The molecule has 0 radical (unpaired) electrons. The fourth-order valence-corrected chi connectivity index (χ4v) is 1.41. The van der Waals surface area contributed by atoms with Crippen molar-refractivity contribution >= 4 is 24.4 Å². The largest absolute Gasteiger partial charge is 0.488 e. The topological polar surface area (TPSA) is 98.7 Å². The van der Waals surface area contributed by atoms with Gasteiger partial charge in [0.1, 0.15) is 5.82 Å². The molecule has 0 fully saturated rings. The fraction of sp³-hybridized carbons (Fsp3) is 0.167. The summed E-state index contributed by atoms with van der Waals surface area (Å²) in [7, 11) is -1.80. The third kappa shape index (κ3) is 4.49. The lowest BCUT2D eigenvalue weighted by Crippen LogP contribution is -2.35. The van der Waals surface area contributed by atoms with Crippen LogP contribution < -0.4 is 16.1 Å². The van der Waals surface area contributed by atoms with Gasteiger partial charge in [-0.05, 0) is 23.7 Å². The summed E-state index contributed by atoms with van der Waals surface area (Å²) in [6.07, 6.45) is 1.10. The number of amides is 2. The minimum atomic E-state index is -1.80. The third-order valence-corrected chi connectivity index (χ3v) is 2.43. The SMILES string of the molecule is C=CC(=O)NCCNC(=O)c1ccc(B(O)O)cc1F. The first kappa shape index (κ1) is 15.9. The van der Waals surface area contributed by atoms with Gasteiger partial charge in [0.2, 0.25) is 5.91 Å². The van der Waals surface area contributed by atoms with Gasteiger partial charge < -0.3 is 20.7 Å². The van der Waals surface area contributed by atoms with Crippen LogP contribution in [0.3, 0.4) is 0 Å². The standard InChI is InChI=1S/C12H14BFN2O4/c1-2-11(17)15-5-6-16-12(18)9-4-3-8(13(19)20)7-10(9)14/h2-4,7,19-20H,1,5-6H2,(H,15,17)(H,16,18). The molecule has 1 rings (SSSR count). The maximum Gasteiger partial charge on any atom is 0.488 e. The second kappa shape index (κ2) is 7.42. The van der Waals surface area contributed by atoms with Crippen molar-refractivity contribution < 1.29 is 24.0 Å². The van der Waals surface area contributed by atoms with E-state index in [0.717, 1.165) is 18.2 Å². The quantitative estimate of drug-likeness (QED) is 0.291. The Kier molecular flexibility index (Phi) is 5.88. The lowest BCUT2D eigenvalue weighted by molar-refractivity contribution is -0.116. The summed E-state index contributed by atoms with van der Waals surface area (Å²) >= 11 is 0. The molecule has 0 spiro atoms. The van der Waals surface area contributed by atoms with Gasteiger partial charge in [-0.2, -0.15) is 0 Å². The maximum absolute atomic E-state index is 13.6. The molecule has 0 aliphatic carbocycles. The van der Waals surface area contributed by atoms with Gasteiger partial charge in [-0.1, -0.05) is 12.6 Å². The average molecular weight is 280 g/mol. The van der Waals surface area contributed by atoms with E-state index in [4.69, 9.17) is 10.0 Å². The summed E-state index contributed by atoms with van der Waals surface area (Å²) in [4.78, 5) is 22.5. The Morgan fingerprint density at radius 2 is 1.95 bits per heavy atom. The minimum absolute atomic E-state index is 0.0442. The molecule has 4 N–H and O–H groups in total. The Morgan fingerprint density at radius 3 is 2.50 bits per heavy atom. The smallest absolute Gasteiger partial charge is 0.423 e. The highest BCUT2D eigenvalue weighted by Gasteiger charge is 2.16. The van der Waals surface area contributed by atoms with E-state index < -0.39 is 18.8 Å².